The highest BCUT2D eigenvalue weighted by molar-refractivity contribution is 6.07. The average Bonchev–Trinajstić information content (AvgIpc) is 3.04. The molecule has 132 valence electrons. The Hall–Kier alpha value is -2.30. The van der Waals surface area contributed by atoms with E-state index in [1.807, 2.05) is 36.2 Å². The van der Waals surface area contributed by atoms with Crippen molar-refractivity contribution in [2.75, 3.05) is 20.1 Å². The summed E-state index contributed by atoms with van der Waals surface area (Å²) in [6.45, 7) is 1.07. The Labute approximate surface area is 148 Å². The van der Waals surface area contributed by atoms with Gasteiger partial charge in [-0.3, -0.25) is 9.59 Å². The molecule has 25 heavy (non-hydrogen) atoms. The Morgan fingerprint density at radius 2 is 1.84 bits per heavy atom. The molecule has 2 amide bonds. The standard InChI is InChI=1S/C20H25N3O2/c1-22(15-7-3-2-4-8-15)19(24)14-12-23(13-14)20(25)17-11-21-18-10-6-5-9-16(17)18/h5-6,9-11,14-15,21H,2-4,7-8,12-13H2,1H3. The smallest absolute Gasteiger partial charge is 0.256 e. The van der Waals surface area contributed by atoms with Gasteiger partial charge in [-0.15, -0.1) is 0 Å². The number of fused-ring (bicyclic) bond motifs is 1. The fourth-order valence-electron chi connectivity index (χ4n) is 4.16. The van der Waals surface area contributed by atoms with Crippen molar-refractivity contribution in [1.82, 2.24) is 14.8 Å². The van der Waals surface area contributed by atoms with Gasteiger partial charge < -0.3 is 14.8 Å². The second-order valence-electron chi connectivity index (χ2n) is 7.40. The van der Waals surface area contributed by atoms with E-state index in [9.17, 15) is 9.59 Å². The number of aromatic amines is 1. The molecule has 1 saturated carbocycles. The van der Waals surface area contributed by atoms with Crippen LogP contribution >= 0.6 is 0 Å². The van der Waals surface area contributed by atoms with Gasteiger partial charge in [0, 0.05) is 43.3 Å². The van der Waals surface area contributed by atoms with E-state index in [1.54, 1.807) is 11.1 Å². The maximum Gasteiger partial charge on any atom is 0.256 e. The van der Waals surface area contributed by atoms with Gasteiger partial charge in [0.25, 0.3) is 5.91 Å². The molecular formula is C20H25N3O2. The molecule has 1 N–H and O–H groups in total. The van der Waals surface area contributed by atoms with Crippen LogP contribution in [0.15, 0.2) is 30.5 Å². The number of nitrogens with zero attached hydrogens (tertiary/aromatic N) is 2. The molecule has 0 atom stereocenters. The second kappa shape index (κ2) is 6.54. The number of likely N-dealkylation sites (tertiary alicyclic amines) is 1. The molecular weight excluding hydrogens is 314 g/mol. The maximum absolute atomic E-state index is 12.7. The van der Waals surface area contributed by atoms with E-state index >= 15 is 0 Å². The molecule has 2 heterocycles. The largest absolute Gasteiger partial charge is 0.360 e. The van der Waals surface area contributed by atoms with Gasteiger partial charge in [-0.05, 0) is 18.9 Å². The summed E-state index contributed by atoms with van der Waals surface area (Å²) in [6.07, 6.45) is 7.74. The van der Waals surface area contributed by atoms with Crippen molar-refractivity contribution >= 4 is 22.7 Å². The van der Waals surface area contributed by atoms with Crippen LogP contribution in [0.4, 0.5) is 0 Å². The predicted octanol–water partition coefficient (Wildman–Crippen LogP) is 3.03. The third-order valence-corrected chi connectivity index (χ3v) is 5.81. The van der Waals surface area contributed by atoms with Crippen LogP contribution in [0.3, 0.4) is 0 Å². The molecule has 4 rings (SSSR count). The third-order valence-electron chi connectivity index (χ3n) is 5.81. The predicted molar refractivity (Wildman–Crippen MR) is 97.3 cm³/mol. The monoisotopic (exact) mass is 339 g/mol. The molecule has 5 nitrogen and oxygen atoms in total. The van der Waals surface area contributed by atoms with Crippen LogP contribution in [0.2, 0.25) is 0 Å². The Balaban J connectivity index is 1.38. The number of nitrogens with one attached hydrogen (secondary N) is 1. The number of H-pyrrole nitrogens is 1. The van der Waals surface area contributed by atoms with E-state index in [0.29, 0.717) is 24.7 Å². The molecule has 1 saturated heterocycles. The van der Waals surface area contributed by atoms with Gasteiger partial charge in [-0.2, -0.15) is 0 Å². The summed E-state index contributed by atoms with van der Waals surface area (Å²) in [4.78, 5) is 32.3. The summed E-state index contributed by atoms with van der Waals surface area (Å²) >= 11 is 0. The van der Waals surface area contributed by atoms with Crippen molar-refractivity contribution in [3.63, 3.8) is 0 Å². The first kappa shape index (κ1) is 16.2. The average molecular weight is 339 g/mol. The Kier molecular flexibility index (Phi) is 4.24. The molecule has 2 fully saturated rings. The number of benzene rings is 1. The van der Waals surface area contributed by atoms with Crippen molar-refractivity contribution in [3.8, 4) is 0 Å². The topological polar surface area (TPSA) is 56.4 Å². The van der Waals surface area contributed by atoms with E-state index in [4.69, 9.17) is 0 Å². The molecule has 0 bridgehead atoms. The number of para-hydroxylation sites is 1. The first-order valence-corrected chi connectivity index (χ1v) is 9.27. The lowest BCUT2D eigenvalue weighted by Crippen LogP contribution is -2.57. The highest BCUT2D eigenvalue weighted by atomic mass is 16.2. The number of carbonyl (C=O) groups is 2. The summed E-state index contributed by atoms with van der Waals surface area (Å²) < 4.78 is 0. The summed E-state index contributed by atoms with van der Waals surface area (Å²) in [5.41, 5.74) is 1.66. The van der Waals surface area contributed by atoms with Crippen LogP contribution in [0.1, 0.15) is 42.5 Å². The van der Waals surface area contributed by atoms with Crippen LogP contribution < -0.4 is 0 Å². The Morgan fingerprint density at radius 3 is 2.60 bits per heavy atom. The lowest BCUT2D eigenvalue weighted by Gasteiger charge is -2.42. The number of hydrogen-bond acceptors (Lipinski definition) is 2. The quantitative estimate of drug-likeness (QED) is 0.934. The van der Waals surface area contributed by atoms with Crippen molar-refractivity contribution in [2.24, 2.45) is 5.92 Å². The van der Waals surface area contributed by atoms with Crippen molar-refractivity contribution in [2.45, 2.75) is 38.1 Å². The van der Waals surface area contributed by atoms with Crippen molar-refractivity contribution < 1.29 is 9.59 Å². The van der Waals surface area contributed by atoms with Crippen LogP contribution in [0, 0.1) is 5.92 Å². The minimum absolute atomic E-state index is 0.0156. The second-order valence-corrected chi connectivity index (χ2v) is 7.40. The van der Waals surface area contributed by atoms with E-state index in [1.165, 1.54) is 19.3 Å². The minimum Gasteiger partial charge on any atom is -0.360 e. The zero-order valence-corrected chi connectivity index (χ0v) is 14.7. The molecule has 1 aromatic heterocycles. The zero-order chi connectivity index (χ0) is 17.4. The summed E-state index contributed by atoms with van der Waals surface area (Å²) in [5.74, 6) is 0.178. The number of hydrogen-bond donors (Lipinski definition) is 1. The first-order valence-electron chi connectivity index (χ1n) is 9.27. The number of aromatic nitrogens is 1. The van der Waals surface area contributed by atoms with Gasteiger partial charge in [0.2, 0.25) is 5.91 Å². The number of rotatable bonds is 3. The fraction of sp³-hybridized carbons (Fsp3) is 0.500. The molecule has 5 heteroatoms. The fourth-order valence-corrected chi connectivity index (χ4v) is 4.16. The number of carbonyl (C=O) groups excluding carboxylic acids is 2. The van der Waals surface area contributed by atoms with Crippen LogP contribution in [0.25, 0.3) is 10.9 Å². The number of amides is 2. The minimum atomic E-state index is -0.0407. The molecule has 0 radical (unpaired) electrons. The van der Waals surface area contributed by atoms with E-state index in [-0.39, 0.29) is 17.7 Å². The maximum atomic E-state index is 12.7. The van der Waals surface area contributed by atoms with E-state index in [2.05, 4.69) is 4.98 Å². The highest BCUT2D eigenvalue weighted by Gasteiger charge is 2.39. The van der Waals surface area contributed by atoms with Gasteiger partial charge in [-0.25, -0.2) is 0 Å². The Bertz CT molecular complexity index is 785. The van der Waals surface area contributed by atoms with Gasteiger partial charge >= 0.3 is 0 Å². The van der Waals surface area contributed by atoms with Crippen LogP contribution in [0.5, 0.6) is 0 Å². The van der Waals surface area contributed by atoms with Crippen molar-refractivity contribution in [3.05, 3.63) is 36.0 Å². The highest BCUT2D eigenvalue weighted by Crippen LogP contribution is 2.27. The molecule has 1 aromatic carbocycles. The third kappa shape index (κ3) is 2.92. The first-order chi connectivity index (χ1) is 12.1. The summed E-state index contributed by atoms with van der Waals surface area (Å²) in [6, 6.07) is 8.20. The van der Waals surface area contributed by atoms with Crippen LogP contribution in [-0.4, -0.2) is 52.8 Å². The SMILES string of the molecule is CN(C(=O)C1CN(C(=O)c2c[nH]c3ccccc23)C1)C1CCCCC1. The lowest BCUT2D eigenvalue weighted by molar-refractivity contribution is -0.141. The zero-order valence-electron chi connectivity index (χ0n) is 14.7. The Morgan fingerprint density at radius 1 is 1.12 bits per heavy atom. The lowest BCUT2D eigenvalue weighted by atomic mass is 9.91. The van der Waals surface area contributed by atoms with Crippen LogP contribution in [-0.2, 0) is 4.79 Å². The summed E-state index contributed by atoms with van der Waals surface area (Å²) in [7, 11) is 1.93. The molecule has 0 unspecified atom stereocenters. The van der Waals surface area contributed by atoms with Crippen molar-refractivity contribution in [1.29, 1.82) is 0 Å². The molecule has 0 spiro atoms. The van der Waals surface area contributed by atoms with Gasteiger partial charge in [-0.1, -0.05) is 37.5 Å². The molecule has 1 aliphatic heterocycles. The molecule has 2 aliphatic rings. The normalized spacial score (nSPS) is 19.0. The summed E-state index contributed by atoms with van der Waals surface area (Å²) in [5, 5.41) is 0.946. The van der Waals surface area contributed by atoms with Gasteiger partial charge in [0.05, 0.1) is 11.5 Å². The van der Waals surface area contributed by atoms with Gasteiger partial charge in [0.1, 0.15) is 0 Å². The van der Waals surface area contributed by atoms with E-state index in [0.717, 1.165) is 23.7 Å². The molecule has 1 aliphatic carbocycles. The van der Waals surface area contributed by atoms with Gasteiger partial charge in [0.15, 0.2) is 0 Å². The van der Waals surface area contributed by atoms with E-state index < -0.39 is 0 Å². The molecule has 2 aromatic rings.